The van der Waals surface area contributed by atoms with Gasteiger partial charge in [0.05, 0.1) is 17.6 Å². The van der Waals surface area contributed by atoms with Gasteiger partial charge in [0, 0.05) is 50.4 Å². The Morgan fingerprint density at radius 3 is 2.79 bits per heavy atom. The second-order valence-electron chi connectivity index (χ2n) is 8.44. The van der Waals surface area contributed by atoms with Gasteiger partial charge in [-0.2, -0.15) is 5.26 Å². The van der Waals surface area contributed by atoms with E-state index < -0.39 is 0 Å². The van der Waals surface area contributed by atoms with Crippen LogP contribution in [-0.4, -0.2) is 50.3 Å². The summed E-state index contributed by atoms with van der Waals surface area (Å²) in [6.45, 7) is 3.48. The van der Waals surface area contributed by atoms with Crippen molar-refractivity contribution in [2.24, 2.45) is 5.92 Å². The van der Waals surface area contributed by atoms with Crippen molar-refractivity contribution in [3.8, 4) is 6.07 Å². The molecular weight excluding hydrogens is 352 g/mol. The lowest BCUT2D eigenvalue weighted by Crippen LogP contribution is -2.59. The maximum atomic E-state index is 13.2. The highest BCUT2D eigenvalue weighted by molar-refractivity contribution is 5.81. The van der Waals surface area contributed by atoms with Crippen molar-refractivity contribution < 1.29 is 4.79 Å². The first kappa shape index (κ1) is 17.5. The van der Waals surface area contributed by atoms with E-state index in [1.54, 1.807) is 6.33 Å². The van der Waals surface area contributed by atoms with Gasteiger partial charge < -0.3 is 14.9 Å². The largest absolute Gasteiger partial charge is 0.353 e. The number of carbonyl (C=O) groups excluding carboxylic acids is 1. The monoisotopic (exact) mass is 378 g/mol. The summed E-state index contributed by atoms with van der Waals surface area (Å²) in [4.78, 5) is 28.8. The quantitative estimate of drug-likeness (QED) is 0.857. The van der Waals surface area contributed by atoms with Crippen molar-refractivity contribution in [1.29, 1.82) is 5.26 Å². The molecule has 7 heteroatoms. The van der Waals surface area contributed by atoms with Crippen molar-refractivity contribution in [3.63, 3.8) is 0 Å². The van der Waals surface area contributed by atoms with Crippen LogP contribution in [0.1, 0.15) is 54.7 Å². The second kappa shape index (κ2) is 6.78. The minimum atomic E-state index is -0.257. The number of carbonyl (C=O) groups is 1. The Hall–Kier alpha value is -2.59. The average molecular weight is 378 g/mol. The molecule has 0 bridgehead atoms. The van der Waals surface area contributed by atoms with Crippen LogP contribution in [-0.2, 0) is 23.3 Å². The molecule has 4 heterocycles. The van der Waals surface area contributed by atoms with E-state index in [4.69, 9.17) is 5.26 Å². The van der Waals surface area contributed by atoms with E-state index in [2.05, 4.69) is 30.8 Å². The summed E-state index contributed by atoms with van der Waals surface area (Å²) in [5, 5.41) is 9.00. The zero-order chi connectivity index (χ0) is 19.1. The van der Waals surface area contributed by atoms with E-state index in [0.717, 1.165) is 69.5 Å². The van der Waals surface area contributed by atoms with Gasteiger partial charge in [-0.05, 0) is 37.3 Å². The number of nitrogens with zero attached hydrogens (tertiary/aromatic N) is 4. The summed E-state index contributed by atoms with van der Waals surface area (Å²) in [5.74, 6) is 0.567. The molecule has 1 aliphatic carbocycles. The molecule has 0 aromatic carbocycles. The second-order valence-corrected chi connectivity index (χ2v) is 8.44. The highest BCUT2D eigenvalue weighted by Crippen LogP contribution is 2.44. The number of nitrogens with one attached hydrogen (secondary N) is 2. The predicted octanol–water partition coefficient (Wildman–Crippen LogP) is 2.29. The highest BCUT2D eigenvalue weighted by Gasteiger charge is 2.50. The number of fused-ring (bicyclic) bond motifs is 2. The van der Waals surface area contributed by atoms with Gasteiger partial charge in [-0.25, -0.2) is 4.98 Å². The number of rotatable bonds is 3. The van der Waals surface area contributed by atoms with Gasteiger partial charge in [0.1, 0.15) is 11.8 Å². The first-order chi connectivity index (χ1) is 13.7. The zero-order valence-electron chi connectivity index (χ0n) is 16.1. The van der Waals surface area contributed by atoms with Crippen LogP contribution in [0.2, 0.25) is 0 Å². The number of piperidine rings is 1. The molecule has 2 N–H and O–H groups in total. The summed E-state index contributed by atoms with van der Waals surface area (Å²) >= 11 is 0. The van der Waals surface area contributed by atoms with Crippen molar-refractivity contribution in [1.82, 2.24) is 24.8 Å². The predicted molar refractivity (Wildman–Crippen MR) is 103 cm³/mol. The summed E-state index contributed by atoms with van der Waals surface area (Å²) in [7, 11) is 0. The Morgan fingerprint density at radius 1 is 1.29 bits per heavy atom. The van der Waals surface area contributed by atoms with Crippen LogP contribution in [0.5, 0.6) is 0 Å². The van der Waals surface area contributed by atoms with Gasteiger partial charge in [-0.1, -0.05) is 6.42 Å². The van der Waals surface area contributed by atoms with Gasteiger partial charge in [0.15, 0.2) is 0 Å². The van der Waals surface area contributed by atoms with E-state index >= 15 is 0 Å². The minimum absolute atomic E-state index is 0.222. The molecule has 7 nitrogen and oxygen atoms in total. The van der Waals surface area contributed by atoms with Gasteiger partial charge in [-0.15, -0.1) is 0 Å². The number of H-pyrrole nitrogens is 2. The third-order valence-electron chi connectivity index (χ3n) is 6.93. The van der Waals surface area contributed by atoms with Crippen LogP contribution in [0.25, 0.3) is 0 Å². The number of hydrogen-bond acceptors (Lipinski definition) is 4. The molecule has 0 unspecified atom stereocenters. The number of imidazole rings is 1. The molecule has 2 fully saturated rings. The maximum absolute atomic E-state index is 13.2. The van der Waals surface area contributed by atoms with E-state index in [9.17, 15) is 4.79 Å². The SMILES string of the molecule is N#Cc1cc(CN2CCC3(CC2)c2nc[nH]c2CCN3C(=O)C2CCC2)c[nH]1. The smallest absolute Gasteiger partial charge is 0.226 e. The first-order valence-electron chi connectivity index (χ1n) is 10.3. The summed E-state index contributed by atoms with van der Waals surface area (Å²) in [6, 6.07) is 4.07. The van der Waals surface area contributed by atoms with Crippen molar-refractivity contribution >= 4 is 5.91 Å². The highest BCUT2D eigenvalue weighted by atomic mass is 16.2. The standard InChI is InChI=1S/C21H26N6O/c22-11-17-10-15(12-23-17)13-26-8-5-21(6-9-26)19-18(24-14-25-19)4-7-27(21)20(28)16-2-1-3-16/h10,12,14,16,23H,1-9,13H2,(H,24,25). The Kier molecular flexibility index (Phi) is 4.24. The molecule has 0 radical (unpaired) electrons. The van der Waals surface area contributed by atoms with Crippen LogP contribution < -0.4 is 0 Å². The topological polar surface area (TPSA) is 91.8 Å². The van der Waals surface area contributed by atoms with Gasteiger partial charge in [0.2, 0.25) is 5.91 Å². The molecule has 3 aliphatic rings. The lowest BCUT2D eigenvalue weighted by atomic mass is 9.76. The molecule has 1 amide bonds. The number of aromatic amines is 2. The van der Waals surface area contributed by atoms with Crippen LogP contribution in [0.15, 0.2) is 18.6 Å². The molecule has 2 aromatic rings. The van der Waals surface area contributed by atoms with Crippen LogP contribution >= 0.6 is 0 Å². The number of nitriles is 1. The number of aromatic nitrogens is 3. The number of hydrogen-bond donors (Lipinski definition) is 2. The fourth-order valence-corrected chi connectivity index (χ4v) is 5.12. The first-order valence-corrected chi connectivity index (χ1v) is 10.3. The van der Waals surface area contributed by atoms with Crippen molar-refractivity contribution in [3.05, 3.63) is 41.2 Å². The third kappa shape index (κ3) is 2.75. The zero-order valence-corrected chi connectivity index (χ0v) is 16.1. The number of likely N-dealkylation sites (tertiary alicyclic amines) is 1. The molecular formula is C21H26N6O. The fraction of sp³-hybridized carbons (Fsp3) is 0.571. The van der Waals surface area contributed by atoms with Gasteiger partial charge in [0.25, 0.3) is 0 Å². The molecule has 2 aromatic heterocycles. The Morgan fingerprint density at radius 2 is 2.11 bits per heavy atom. The van der Waals surface area contributed by atoms with Crippen LogP contribution in [0.3, 0.4) is 0 Å². The van der Waals surface area contributed by atoms with Crippen LogP contribution in [0.4, 0.5) is 0 Å². The fourth-order valence-electron chi connectivity index (χ4n) is 5.12. The molecule has 5 rings (SSSR count). The Labute approximate surface area is 164 Å². The molecule has 2 aliphatic heterocycles. The third-order valence-corrected chi connectivity index (χ3v) is 6.93. The van der Waals surface area contributed by atoms with Crippen LogP contribution in [0, 0.1) is 17.2 Å². The Balaban J connectivity index is 1.36. The molecule has 1 spiro atoms. The molecule has 0 atom stereocenters. The minimum Gasteiger partial charge on any atom is -0.353 e. The lowest BCUT2D eigenvalue weighted by molar-refractivity contribution is -0.149. The summed E-state index contributed by atoms with van der Waals surface area (Å²) in [6.07, 6.45) is 9.68. The lowest BCUT2D eigenvalue weighted by Gasteiger charge is -2.52. The summed E-state index contributed by atoms with van der Waals surface area (Å²) < 4.78 is 0. The van der Waals surface area contributed by atoms with Crippen molar-refractivity contribution in [2.45, 2.75) is 50.6 Å². The van der Waals surface area contributed by atoms with E-state index in [-0.39, 0.29) is 11.5 Å². The van der Waals surface area contributed by atoms with E-state index in [0.29, 0.717) is 11.6 Å². The van der Waals surface area contributed by atoms with E-state index in [1.807, 2.05) is 12.3 Å². The Bertz CT molecular complexity index is 909. The van der Waals surface area contributed by atoms with Gasteiger partial charge in [-0.3, -0.25) is 9.69 Å². The molecule has 1 saturated carbocycles. The van der Waals surface area contributed by atoms with Gasteiger partial charge >= 0.3 is 0 Å². The normalized spacial score (nSPS) is 21.9. The van der Waals surface area contributed by atoms with Crippen molar-refractivity contribution in [2.75, 3.05) is 19.6 Å². The van der Waals surface area contributed by atoms with E-state index in [1.165, 1.54) is 12.1 Å². The molecule has 1 saturated heterocycles. The maximum Gasteiger partial charge on any atom is 0.226 e. The average Bonchev–Trinajstić information content (AvgIpc) is 3.32. The summed E-state index contributed by atoms with van der Waals surface area (Å²) in [5.41, 5.74) is 3.79. The molecule has 146 valence electrons. The number of amides is 1. The molecule has 28 heavy (non-hydrogen) atoms.